The molecule has 1 amide bonds. The van der Waals surface area contributed by atoms with E-state index in [4.69, 9.17) is 10.5 Å². The molecule has 1 aliphatic heterocycles. The van der Waals surface area contributed by atoms with Crippen LogP contribution in [0.5, 0.6) is 0 Å². The van der Waals surface area contributed by atoms with E-state index in [-0.39, 0.29) is 12.0 Å². The van der Waals surface area contributed by atoms with Crippen molar-refractivity contribution in [3.8, 4) is 0 Å². The number of amides is 1. The third-order valence-corrected chi connectivity index (χ3v) is 3.92. The fourth-order valence-corrected chi connectivity index (χ4v) is 2.68. The number of methoxy groups -OCH3 is 1. The number of nitrogens with two attached hydrogens (primary N) is 1. The lowest BCUT2D eigenvalue weighted by molar-refractivity contribution is -0.123. The van der Waals surface area contributed by atoms with E-state index >= 15 is 0 Å². The molecular formula is C16H25N3O2. The van der Waals surface area contributed by atoms with Gasteiger partial charge in [-0.1, -0.05) is 18.2 Å². The van der Waals surface area contributed by atoms with Crippen molar-refractivity contribution >= 4 is 11.6 Å². The molecule has 1 aliphatic rings. The van der Waals surface area contributed by atoms with Gasteiger partial charge in [0.1, 0.15) is 0 Å². The van der Waals surface area contributed by atoms with E-state index in [9.17, 15) is 4.79 Å². The minimum Gasteiger partial charge on any atom is -0.380 e. The normalized spacial score (nSPS) is 14.9. The van der Waals surface area contributed by atoms with Crippen LogP contribution in [0.15, 0.2) is 24.3 Å². The number of para-hydroxylation sites is 1. The van der Waals surface area contributed by atoms with Gasteiger partial charge in [0.2, 0.25) is 5.91 Å². The van der Waals surface area contributed by atoms with Crippen molar-refractivity contribution in [2.24, 2.45) is 5.73 Å². The summed E-state index contributed by atoms with van der Waals surface area (Å²) in [6.07, 6.45) is 2.21. The van der Waals surface area contributed by atoms with Crippen LogP contribution in [-0.2, 0) is 16.0 Å². The Morgan fingerprint density at radius 1 is 1.48 bits per heavy atom. The molecule has 0 spiro atoms. The number of fused-ring (bicyclic) bond motifs is 1. The van der Waals surface area contributed by atoms with Crippen LogP contribution in [0.4, 0.5) is 5.69 Å². The quantitative estimate of drug-likeness (QED) is 0.699. The molecule has 1 aromatic carbocycles. The number of carbonyl (C=O) groups excluding carboxylic acids is 1. The average Bonchev–Trinajstić information content (AvgIpc) is 2.92. The zero-order chi connectivity index (χ0) is 15.1. The summed E-state index contributed by atoms with van der Waals surface area (Å²) in [5, 5.41) is 2.93. The van der Waals surface area contributed by atoms with Crippen molar-refractivity contribution in [2.75, 3.05) is 38.2 Å². The van der Waals surface area contributed by atoms with Gasteiger partial charge in [-0.25, -0.2) is 0 Å². The largest absolute Gasteiger partial charge is 0.380 e. The number of nitrogens with one attached hydrogen (secondary N) is 1. The number of carbonyl (C=O) groups is 1. The molecule has 1 aromatic rings. The molecule has 1 unspecified atom stereocenters. The number of hydrogen-bond donors (Lipinski definition) is 2. The maximum absolute atomic E-state index is 11.7. The number of rotatable bonds is 8. The minimum atomic E-state index is -0.185. The van der Waals surface area contributed by atoms with Crippen LogP contribution < -0.4 is 16.0 Å². The molecule has 0 fully saturated rings. The van der Waals surface area contributed by atoms with Crippen molar-refractivity contribution < 1.29 is 9.53 Å². The monoisotopic (exact) mass is 291 g/mol. The second-order valence-electron chi connectivity index (χ2n) is 5.37. The summed E-state index contributed by atoms with van der Waals surface area (Å²) in [6, 6.07) is 8.53. The zero-order valence-corrected chi connectivity index (χ0v) is 12.7. The predicted molar refractivity (Wildman–Crippen MR) is 84.5 cm³/mol. The van der Waals surface area contributed by atoms with Crippen LogP contribution in [0.2, 0.25) is 0 Å². The summed E-state index contributed by atoms with van der Waals surface area (Å²) in [6.45, 7) is 3.11. The molecule has 2 rings (SSSR count). The van der Waals surface area contributed by atoms with E-state index in [0.717, 1.165) is 25.9 Å². The molecule has 0 bridgehead atoms. The van der Waals surface area contributed by atoms with Gasteiger partial charge in [0.25, 0.3) is 0 Å². The average molecular weight is 291 g/mol. The molecule has 0 saturated carbocycles. The van der Waals surface area contributed by atoms with E-state index in [2.05, 4.69) is 34.5 Å². The van der Waals surface area contributed by atoms with Crippen molar-refractivity contribution in [3.63, 3.8) is 0 Å². The Hall–Kier alpha value is -1.59. The van der Waals surface area contributed by atoms with Gasteiger partial charge in [-0.3, -0.25) is 4.79 Å². The molecule has 116 valence electrons. The van der Waals surface area contributed by atoms with Gasteiger partial charge in [-0.05, 0) is 24.5 Å². The highest BCUT2D eigenvalue weighted by molar-refractivity contribution is 5.76. The van der Waals surface area contributed by atoms with Gasteiger partial charge in [0.15, 0.2) is 0 Å². The van der Waals surface area contributed by atoms with E-state index < -0.39 is 0 Å². The summed E-state index contributed by atoms with van der Waals surface area (Å²) in [5.74, 6) is 0.00845. The van der Waals surface area contributed by atoms with Crippen molar-refractivity contribution in [3.05, 3.63) is 29.8 Å². The maximum atomic E-state index is 11.7. The summed E-state index contributed by atoms with van der Waals surface area (Å²) >= 11 is 0. The number of ether oxygens (including phenoxy) is 1. The molecule has 0 saturated heterocycles. The van der Waals surface area contributed by atoms with Gasteiger partial charge >= 0.3 is 0 Å². The smallest absolute Gasteiger partial charge is 0.222 e. The van der Waals surface area contributed by atoms with Gasteiger partial charge in [-0.2, -0.15) is 0 Å². The number of hydrogen-bond acceptors (Lipinski definition) is 4. The molecular weight excluding hydrogens is 266 g/mol. The Kier molecular flexibility index (Phi) is 6.02. The van der Waals surface area contributed by atoms with Crippen LogP contribution in [0, 0.1) is 0 Å². The van der Waals surface area contributed by atoms with Gasteiger partial charge in [-0.15, -0.1) is 0 Å². The van der Waals surface area contributed by atoms with E-state index in [1.807, 2.05) is 0 Å². The standard InChI is InChI=1S/C16H25N3O2/c1-21-14(12-17)11-16(20)18-8-4-9-19-10-7-13-5-2-3-6-15(13)19/h2-3,5-6,14H,4,7-12,17H2,1H3,(H,18,20). The first-order chi connectivity index (χ1) is 10.2. The molecule has 0 radical (unpaired) electrons. The van der Waals surface area contributed by atoms with Crippen molar-refractivity contribution in [1.82, 2.24) is 5.32 Å². The second kappa shape index (κ2) is 8.00. The molecule has 0 aliphatic carbocycles. The molecule has 1 atom stereocenters. The second-order valence-corrected chi connectivity index (χ2v) is 5.37. The highest BCUT2D eigenvalue weighted by Gasteiger charge is 2.17. The molecule has 5 nitrogen and oxygen atoms in total. The van der Waals surface area contributed by atoms with Gasteiger partial charge < -0.3 is 20.7 Å². The van der Waals surface area contributed by atoms with E-state index in [1.54, 1.807) is 7.11 Å². The molecule has 1 heterocycles. The highest BCUT2D eigenvalue weighted by atomic mass is 16.5. The van der Waals surface area contributed by atoms with Crippen LogP contribution in [0.25, 0.3) is 0 Å². The maximum Gasteiger partial charge on any atom is 0.222 e. The molecule has 3 N–H and O–H groups in total. The van der Waals surface area contributed by atoms with Gasteiger partial charge in [0.05, 0.1) is 12.5 Å². The van der Waals surface area contributed by atoms with Gasteiger partial charge in [0, 0.05) is 39.0 Å². The molecule has 21 heavy (non-hydrogen) atoms. The zero-order valence-electron chi connectivity index (χ0n) is 12.7. The topological polar surface area (TPSA) is 67.6 Å². The van der Waals surface area contributed by atoms with Crippen LogP contribution >= 0.6 is 0 Å². The summed E-state index contributed by atoms with van der Waals surface area (Å²) in [5.41, 5.74) is 8.27. The van der Waals surface area contributed by atoms with Crippen LogP contribution in [0.3, 0.4) is 0 Å². The van der Waals surface area contributed by atoms with Crippen molar-refractivity contribution in [2.45, 2.75) is 25.4 Å². The van der Waals surface area contributed by atoms with Crippen LogP contribution in [0.1, 0.15) is 18.4 Å². The number of benzene rings is 1. The third-order valence-electron chi connectivity index (χ3n) is 3.92. The van der Waals surface area contributed by atoms with Crippen LogP contribution in [-0.4, -0.2) is 45.3 Å². The lowest BCUT2D eigenvalue weighted by Gasteiger charge is -2.19. The summed E-state index contributed by atoms with van der Waals surface area (Å²) < 4.78 is 5.10. The first-order valence-electron chi connectivity index (χ1n) is 7.57. The first-order valence-corrected chi connectivity index (χ1v) is 7.57. The predicted octanol–water partition coefficient (Wildman–Crippen LogP) is 0.919. The Bertz CT molecular complexity index is 461. The Morgan fingerprint density at radius 3 is 3.05 bits per heavy atom. The highest BCUT2D eigenvalue weighted by Crippen LogP contribution is 2.27. The SMILES string of the molecule is COC(CN)CC(=O)NCCCN1CCc2ccccc21. The Labute approximate surface area is 126 Å². The summed E-state index contributed by atoms with van der Waals surface area (Å²) in [4.78, 5) is 14.1. The molecule has 5 heteroatoms. The number of anilines is 1. The van der Waals surface area contributed by atoms with E-state index in [0.29, 0.717) is 19.5 Å². The first kappa shape index (κ1) is 15.8. The number of nitrogens with zero attached hydrogens (tertiary/aromatic N) is 1. The fraction of sp³-hybridized carbons (Fsp3) is 0.562. The fourth-order valence-electron chi connectivity index (χ4n) is 2.68. The van der Waals surface area contributed by atoms with E-state index in [1.165, 1.54) is 11.3 Å². The molecule has 0 aromatic heterocycles. The summed E-state index contributed by atoms with van der Waals surface area (Å²) in [7, 11) is 1.58. The Morgan fingerprint density at radius 2 is 2.29 bits per heavy atom. The van der Waals surface area contributed by atoms with Crippen molar-refractivity contribution in [1.29, 1.82) is 0 Å². The lowest BCUT2D eigenvalue weighted by atomic mass is 10.2. The minimum absolute atomic E-state index is 0.00845. The third kappa shape index (κ3) is 4.44. The lowest BCUT2D eigenvalue weighted by Crippen LogP contribution is -2.34. The Balaban J connectivity index is 1.66.